The van der Waals surface area contributed by atoms with E-state index >= 15 is 0 Å². The molecule has 1 fully saturated rings. The molecule has 0 radical (unpaired) electrons. The molecule has 1 aliphatic rings. The largest absolute Gasteiger partial charge is 0.416 e. The topological polar surface area (TPSA) is 38.3 Å². The van der Waals surface area contributed by atoms with E-state index in [-0.39, 0.29) is 17.7 Å². The van der Waals surface area contributed by atoms with Gasteiger partial charge in [0.25, 0.3) is 0 Å². The molecule has 134 valence electrons. The Balaban J connectivity index is 2.11. The molecule has 1 aromatic carbocycles. The molecule has 1 unspecified atom stereocenters. The van der Waals surface area contributed by atoms with Crippen LogP contribution in [0.3, 0.4) is 0 Å². The zero-order valence-corrected chi connectivity index (χ0v) is 14.0. The van der Waals surface area contributed by atoms with Crippen LogP contribution in [0.1, 0.15) is 43.7 Å². The highest BCUT2D eigenvalue weighted by Crippen LogP contribution is 2.30. The minimum Gasteiger partial charge on any atom is -0.381 e. The van der Waals surface area contributed by atoms with E-state index in [9.17, 15) is 18.0 Å². The van der Waals surface area contributed by atoms with Crippen molar-refractivity contribution >= 4 is 5.78 Å². The van der Waals surface area contributed by atoms with Crippen molar-refractivity contribution in [1.29, 1.82) is 0 Å². The van der Waals surface area contributed by atoms with Crippen LogP contribution in [0.4, 0.5) is 13.2 Å². The zero-order chi connectivity index (χ0) is 17.7. The maximum Gasteiger partial charge on any atom is 0.416 e. The lowest BCUT2D eigenvalue weighted by atomic mass is 9.88. The average molecular weight is 343 g/mol. The smallest absolute Gasteiger partial charge is 0.381 e. The molecule has 2 rings (SSSR count). The van der Waals surface area contributed by atoms with Gasteiger partial charge < -0.3 is 10.1 Å². The third kappa shape index (κ3) is 5.05. The van der Waals surface area contributed by atoms with Crippen LogP contribution in [0.25, 0.3) is 0 Å². The van der Waals surface area contributed by atoms with Gasteiger partial charge >= 0.3 is 6.18 Å². The van der Waals surface area contributed by atoms with Crippen LogP contribution in [0.2, 0.25) is 0 Å². The Morgan fingerprint density at radius 3 is 2.29 bits per heavy atom. The minimum atomic E-state index is -4.36. The molecule has 0 aliphatic carbocycles. The van der Waals surface area contributed by atoms with Crippen LogP contribution in [0, 0.1) is 5.92 Å². The summed E-state index contributed by atoms with van der Waals surface area (Å²) < 4.78 is 43.4. The predicted molar refractivity (Wildman–Crippen MR) is 85.9 cm³/mol. The zero-order valence-electron chi connectivity index (χ0n) is 14.0. The van der Waals surface area contributed by atoms with E-state index in [2.05, 4.69) is 5.32 Å². The molecule has 1 saturated heterocycles. The van der Waals surface area contributed by atoms with Gasteiger partial charge in [0.05, 0.1) is 11.5 Å². The van der Waals surface area contributed by atoms with Crippen molar-refractivity contribution in [3.05, 3.63) is 35.4 Å². The summed E-state index contributed by atoms with van der Waals surface area (Å²) in [5.74, 6) is -0.571. The maximum absolute atomic E-state index is 12.7. The van der Waals surface area contributed by atoms with Crippen molar-refractivity contribution in [2.75, 3.05) is 19.8 Å². The number of halogens is 3. The average Bonchev–Trinajstić information content (AvgIpc) is 2.55. The highest BCUT2D eigenvalue weighted by atomic mass is 19.4. The number of ether oxygens (including phenoxy) is 1. The number of carbonyl (C=O) groups excluding carboxylic acids is 1. The number of benzene rings is 1. The molecule has 0 aromatic heterocycles. The Kier molecular flexibility index (Phi) is 6.40. The Bertz CT molecular complexity index is 534. The maximum atomic E-state index is 12.7. The van der Waals surface area contributed by atoms with Gasteiger partial charge in [0.15, 0.2) is 0 Å². The number of ketones is 1. The second-order valence-electron chi connectivity index (χ2n) is 6.52. The van der Waals surface area contributed by atoms with Crippen molar-refractivity contribution < 1.29 is 22.7 Å². The van der Waals surface area contributed by atoms with Gasteiger partial charge in [-0.05, 0) is 30.5 Å². The number of Topliss-reactive ketones (excluding diaryl/α,β-unsaturated/α-hetero) is 1. The van der Waals surface area contributed by atoms with E-state index in [1.54, 1.807) is 0 Å². The first-order chi connectivity index (χ1) is 11.3. The molecular weight excluding hydrogens is 319 g/mol. The van der Waals surface area contributed by atoms with Gasteiger partial charge in [-0.3, -0.25) is 4.79 Å². The predicted octanol–water partition coefficient (Wildman–Crippen LogP) is 3.78. The molecule has 1 heterocycles. The number of nitrogens with one attached hydrogen (secondary N) is 1. The van der Waals surface area contributed by atoms with Gasteiger partial charge in [0, 0.05) is 31.7 Å². The van der Waals surface area contributed by atoms with Crippen LogP contribution < -0.4 is 5.32 Å². The lowest BCUT2D eigenvalue weighted by Gasteiger charge is -2.26. The van der Waals surface area contributed by atoms with Gasteiger partial charge in [-0.15, -0.1) is 0 Å². The fourth-order valence-corrected chi connectivity index (χ4v) is 2.88. The fourth-order valence-electron chi connectivity index (χ4n) is 2.88. The van der Waals surface area contributed by atoms with Crippen molar-refractivity contribution in [1.82, 2.24) is 5.32 Å². The van der Waals surface area contributed by atoms with Crippen molar-refractivity contribution in [2.45, 2.75) is 44.8 Å². The van der Waals surface area contributed by atoms with E-state index in [1.807, 2.05) is 13.8 Å². The monoisotopic (exact) mass is 343 g/mol. The Morgan fingerprint density at radius 2 is 1.79 bits per heavy atom. The molecular formula is C18H24F3NO2. The van der Waals surface area contributed by atoms with Crippen LogP contribution in [-0.2, 0) is 15.7 Å². The van der Waals surface area contributed by atoms with Gasteiger partial charge in [-0.1, -0.05) is 26.0 Å². The highest BCUT2D eigenvalue weighted by molar-refractivity contribution is 5.87. The van der Waals surface area contributed by atoms with Crippen LogP contribution in [0.15, 0.2) is 24.3 Å². The molecule has 0 amide bonds. The first-order valence-corrected chi connectivity index (χ1v) is 8.31. The summed E-state index contributed by atoms with van der Waals surface area (Å²) in [6, 6.07) is 5.21. The Morgan fingerprint density at radius 1 is 1.21 bits per heavy atom. The molecule has 24 heavy (non-hydrogen) atoms. The van der Waals surface area contributed by atoms with Gasteiger partial charge in [0.2, 0.25) is 0 Å². The number of hydrogen-bond acceptors (Lipinski definition) is 3. The normalized spacial score (nSPS) is 17.9. The molecule has 3 nitrogen and oxygen atoms in total. The van der Waals surface area contributed by atoms with Gasteiger partial charge in [0.1, 0.15) is 5.78 Å². The molecule has 0 saturated carbocycles. The van der Waals surface area contributed by atoms with Gasteiger partial charge in [-0.25, -0.2) is 0 Å². The summed E-state index contributed by atoms with van der Waals surface area (Å²) >= 11 is 0. The third-order valence-electron chi connectivity index (χ3n) is 4.38. The molecule has 1 atom stereocenters. The summed E-state index contributed by atoms with van der Waals surface area (Å²) in [4.78, 5) is 12.5. The number of carbonyl (C=O) groups is 1. The van der Waals surface area contributed by atoms with Crippen molar-refractivity contribution in [2.24, 2.45) is 5.92 Å². The molecule has 1 aliphatic heterocycles. The number of hydrogen-bond donors (Lipinski definition) is 1. The molecule has 0 spiro atoms. The quantitative estimate of drug-likeness (QED) is 0.854. The molecule has 6 heteroatoms. The first-order valence-electron chi connectivity index (χ1n) is 8.31. The molecule has 0 bridgehead atoms. The third-order valence-corrected chi connectivity index (χ3v) is 4.38. The van der Waals surface area contributed by atoms with E-state index in [0.717, 1.165) is 25.0 Å². The molecule has 1 aromatic rings. The number of rotatable bonds is 6. The Labute approximate surface area is 140 Å². The second-order valence-corrected chi connectivity index (χ2v) is 6.52. The number of alkyl halides is 3. The van der Waals surface area contributed by atoms with E-state index in [4.69, 9.17) is 4.74 Å². The summed E-state index contributed by atoms with van der Waals surface area (Å²) in [6.07, 6.45) is -2.60. The lowest BCUT2D eigenvalue weighted by molar-refractivity contribution is -0.137. The summed E-state index contributed by atoms with van der Waals surface area (Å²) in [7, 11) is 0. The molecule has 1 N–H and O–H groups in total. The summed E-state index contributed by atoms with van der Waals surface area (Å²) in [5, 5.41) is 3.38. The first kappa shape index (κ1) is 18.9. The fraction of sp³-hybridized carbons (Fsp3) is 0.611. The van der Waals surface area contributed by atoms with Crippen LogP contribution in [0.5, 0.6) is 0 Å². The van der Waals surface area contributed by atoms with E-state index in [1.165, 1.54) is 12.1 Å². The SMILES string of the molecule is CC(C)C(=O)C(CNC1CCOCC1)c1ccc(C(F)(F)F)cc1. The lowest BCUT2D eigenvalue weighted by Crippen LogP contribution is -2.39. The van der Waals surface area contributed by atoms with Crippen LogP contribution in [-0.4, -0.2) is 31.6 Å². The van der Waals surface area contributed by atoms with Crippen LogP contribution >= 0.6 is 0 Å². The van der Waals surface area contributed by atoms with Crippen molar-refractivity contribution in [3.8, 4) is 0 Å². The van der Waals surface area contributed by atoms with E-state index in [0.29, 0.717) is 25.3 Å². The Hall–Kier alpha value is -1.40. The minimum absolute atomic E-state index is 0.0364. The van der Waals surface area contributed by atoms with E-state index < -0.39 is 17.7 Å². The second kappa shape index (κ2) is 8.12. The van der Waals surface area contributed by atoms with Gasteiger partial charge in [-0.2, -0.15) is 13.2 Å². The highest BCUT2D eigenvalue weighted by Gasteiger charge is 2.31. The van der Waals surface area contributed by atoms with Crippen molar-refractivity contribution in [3.63, 3.8) is 0 Å². The summed E-state index contributed by atoms with van der Waals surface area (Å²) in [5.41, 5.74) is -0.0688. The summed E-state index contributed by atoms with van der Waals surface area (Å²) in [6.45, 7) is 5.45. The standard InChI is InChI=1S/C18H24F3NO2/c1-12(2)17(23)16(11-22-15-7-9-24-10-8-15)13-3-5-14(6-4-13)18(19,20)21/h3-6,12,15-16,22H,7-11H2,1-2H3.